The van der Waals surface area contributed by atoms with E-state index in [1.165, 1.54) is 5.75 Å². The molecule has 0 saturated carbocycles. The molecule has 0 aliphatic heterocycles. The Bertz CT molecular complexity index is 107. The number of aliphatic carboxylic acids is 1. The number of carboxylic acids is 1. The van der Waals surface area contributed by atoms with Gasteiger partial charge in [-0.1, -0.05) is 0 Å². The molecule has 0 amide bonds. The van der Waals surface area contributed by atoms with E-state index in [1.54, 1.807) is 0 Å². The predicted molar refractivity (Wildman–Crippen MR) is 44.6 cm³/mol. The van der Waals surface area contributed by atoms with Crippen LogP contribution in [0, 0.1) is 0 Å². The second kappa shape index (κ2) is 8.91. The molecule has 0 N–H and O–H groups in total. The molecule has 62 valence electrons. The van der Waals surface area contributed by atoms with Crippen LogP contribution in [-0.4, -0.2) is 24.2 Å². The summed E-state index contributed by atoms with van der Waals surface area (Å²) in [6.45, 7) is 0. The number of carbonyl (C=O) groups excluding carboxylic acids is 1. The fraction of sp³-hybridized carbons (Fsp3) is 0.857. The molecule has 0 aliphatic carbocycles. The zero-order valence-corrected chi connectivity index (χ0v) is 10.5. The third-order valence-corrected chi connectivity index (χ3v) is 2.45. The summed E-state index contributed by atoms with van der Waals surface area (Å²) in [5.41, 5.74) is 0. The van der Waals surface area contributed by atoms with E-state index < -0.39 is 5.97 Å². The first kappa shape index (κ1) is 14.3. The number of unbranched alkanes of at least 4 members (excludes halogenated alkanes) is 1. The van der Waals surface area contributed by atoms with Crippen molar-refractivity contribution in [1.82, 2.24) is 0 Å². The first-order valence-corrected chi connectivity index (χ1v) is 5.89. The van der Waals surface area contributed by atoms with E-state index in [2.05, 4.69) is 12.5 Å². The number of thiol groups is 1. The van der Waals surface area contributed by atoms with Gasteiger partial charge in [0.1, 0.15) is 0 Å². The fourth-order valence-electron chi connectivity index (χ4n) is 0.697. The van der Waals surface area contributed by atoms with Crippen LogP contribution in [0.3, 0.4) is 0 Å². The van der Waals surface area contributed by atoms with Crippen molar-refractivity contribution < 1.29 is 39.5 Å². The zero-order valence-electron chi connectivity index (χ0n) is 7.59. The average molecular weight is 186 g/mol. The zero-order chi connectivity index (χ0) is 7.98. The third kappa shape index (κ3) is 13.8. The van der Waals surface area contributed by atoms with E-state index in [-0.39, 0.29) is 46.9 Å². The molecule has 0 bridgehead atoms. The molecule has 0 unspecified atom stereocenters. The molecule has 0 aromatic carbocycles. The molecule has 0 atom stereocenters. The standard InChI is InChI=1S/C7H16O2S.Na/c1-10(2)6-4-3-5-7(8)9;/h10H,3-6H2,1-2H3,(H,8,9);/q;+1/p-1. The maximum atomic E-state index is 9.94. The minimum atomic E-state index is -0.920. The Kier molecular flexibility index (Phi) is 11.6. The van der Waals surface area contributed by atoms with Gasteiger partial charge in [-0.25, -0.2) is 0 Å². The second-order valence-corrected chi connectivity index (χ2v) is 5.24. The minimum absolute atomic E-state index is 0. The van der Waals surface area contributed by atoms with Gasteiger partial charge >= 0.3 is 29.6 Å². The molecule has 0 radical (unpaired) electrons. The molecule has 11 heavy (non-hydrogen) atoms. The first-order valence-electron chi connectivity index (χ1n) is 3.47. The molecule has 0 saturated heterocycles. The van der Waals surface area contributed by atoms with Gasteiger partial charge < -0.3 is 9.90 Å². The average Bonchev–Trinajstić information content (AvgIpc) is 1.79. The second-order valence-electron chi connectivity index (χ2n) is 2.63. The van der Waals surface area contributed by atoms with E-state index in [4.69, 9.17) is 0 Å². The number of carboxylic acid groups (broad SMARTS) is 1. The van der Waals surface area contributed by atoms with Gasteiger partial charge in [0.2, 0.25) is 0 Å². The topological polar surface area (TPSA) is 40.1 Å². The van der Waals surface area contributed by atoms with Crippen LogP contribution in [0.15, 0.2) is 0 Å². The van der Waals surface area contributed by atoms with Crippen LogP contribution in [0.1, 0.15) is 19.3 Å². The fourth-order valence-corrected chi connectivity index (χ4v) is 1.55. The van der Waals surface area contributed by atoms with Gasteiger partial charge in [0.25, 0.3) is 0 Å². The van der Waals surface area contributed by atoms with Crippen molar-refractivity contribution in [1.29, 1.82) is 0 Å². The maximum Gasteiger partial charge on any atom is 1.00 e. The Morgan fingerprint density at radius 3 is 2.27 bits per heavy atom. The number of carbonyl (C=O) groups is 1. The summed E-state index contributed by atoms with van der Waals surface area (Å²) in [6, 6.07) is 0. The van der Waals surface area contributed by atoms with Gasteiger partial charge in [-0.3, -0.25) is 10.9 Å². The van der Waals surface area contributed by atoms with E-state index in [1.807, 2.05) is 0 Å². The molecular formula is C7H15NaO2S. The van der Waals surface area contributed by atoms with Crippen LogP contribution in [0.5, 0.6) is 0 Å². The van der Waals surface area contributed by atoms with E-state index in [0.717, 1.165) is 12.8 Å². The summed E-state index contributed by atoms with van der Waals surface area (Å²) in [5.74, 6) is 0.263. The van der Waals surface area contributed by atoms with Crippen LogP contribution >= 0.6 is 10.9 Å². The van der Waals surface area contributed by atoms with Crippen LogP contribution in [-0.2, 0) is 4.79 Å². The van der Waals surface area contributed by atoms with Crippen molar-refractivity contribution in [2.24, 2.45) is 0 Å². The van der Waals surface area contributed by atoms with Gasteiger partial charge in [0, 0.05) is 5.97 Å². The monoisotopic (exact) mass is 186 g/mol. The molecular weight excluding hydrogens is 171 g/mol. The van der Waals surface area contributed by atoms with Crippen molar-refractivity contribution in [3.05, 3.63) is 0 Å². The van der Waals surface area contributed by atoms with Crippen molar-refractivity contribution in [2.75, 3.05) is 18.3 Å². The Morgan fingerprint density at radius 1 is 1.36 bits per heavy atom. The summed E-state index contributed by atoms with van der Waals surface area (Å²) in [4.78, 5) is 9.94. The van der Waals surface area contributed by atoms with E-state index >= 15 is 0 Å². The molecule has 0 fully saturated rings. The molecule has 0 spiro atoms. The maximum absolute atomic E-state index is 9.94. The summed E-state index contributed by atoms with van der Waals surface area (Å²) < 4.78 is 0. The van der Waals surface area contributed by atoms with Crippen molar-refractivity contribution in [3.8, 4) is 0 Å². The summed E-state index contributed by atoms with van der Waals surface area (Å²) in [5, 5.41) is 9.94. The SMILES string of the molecule is C[SH](C)CCCCC(=O)[O-].[Na+]. The van der Waals surface area contributed by atoms with Crippen LogP contribution < -0.4 is 34.7 Å². The number of hydrogen-bond acceptors (Lipinski definition) is 2. The summed E-state index contributed by atoms with van der Waals surface area (Å²) in [7, 11) is 0.155. The van der Waals surface area contributed by atoms with Crippen LogP contribution in [0.2, 0.25) is 0 Å². The van der Waals surface area contributed by atoms with Crippen molar-refractivity contribution in [3.63, 3.8) is 0 Å². The van der Waals surface area contributed by atoms with Gasteiger partial charge in [0.15, 0.2) is 0 Å². The van der Waals surface area contributed by atoms with E-state index in [0.29, 0.717) is 0 Å². The first-order chi connectivity index (χ1) is 4.63. The van der Waals surface area contributed by atoms with Crippen LogP contribution in [0.4, 0.5) is 0 Å². The molecule has 0 rings (SSSR count). The molecule has 0 aliphatic rings. The Hall–Kier alpha value is 0.820. The summed E-state index contributed by atoms with van der Waals surface area (Å²) >= 11 is 0. The number of hydrogen-bond donors (Lipinski definition) is 1. The van der Waals surface area contributed by atoms with Crippen molar-refractivity contribution >= 4 is 16.9 Å². The normalized spacial score (nSPS) is 10.2. The minimum Gasteiger partial charge on any atom is -0.550 e. The quantitative estimate of drug-likeness (QED) is 0.286. The molecule has 0 aromatic heterocycles. The Labute approximate surface area is 93.4 Å². The molecule has 0 aromatic rings. The smallest absolute Gasteiger partial charge is 0.550 e. The van der Waals surface area contributed by atoms with Gasteiger partial charge in [-0.15, -0.1) is 0 Å². The van der Waals surface area contributed by atoms with E-state index in [9.17, 15) is 9.90 Å². The number of rotatable bonds is 5. The molecule has 4 heteroatoms. The van der Waals surface area contributed by atoms with Gasteiger partial charge in [0.05, 0.1) is 0 Å². The van der Waals surface area contributed by atoms with Crippen LogP contribution in [0.25, 0.3) is 0 Å². The third-order valence-electron chi connectivity index (χ3n) is 1.24. The Balaban J connectivity index is 0. The Morgan fingerprint density at radius 2 is 1.91 bits per heavy atom. The van der Waals surface area contributed by atoms with Gasteiger partial charge in [-0.05, 0) is 37.5 Å². The molecule has 2 nitrogen and oxygen atoms in total. The molecule has 0 heterocycles. The largest absolute Gasteiger partial charge is 1.00 e. The summed E-state index contributed by atoms with van der Waals surface area (Å²) in [6.07, 6.45) is 6.45. The van der Waals surface area contributed by atoms with Crippen molar-refractivity contribution in [2.45, 2.75) is 19.3 Å². The van der Waals surface area contributed by atoms with Gasteiger partial charge in [-0.2, -0.15) is 0 Å². The predicted octanol–water partition coefficient (Wildman–Crippen LogP) is -2.83.